The van der Waals surface area contributed by atoms with Gasteiger partial charge in [0.25, 0.3) is 10.0 Å². The van der Waals surface area contributed by atoms with Crippen molar-refractivity contribution in [2.45, 2.75) is 81.6 Å². The van der Waals surface area contributed by atoms with Crippen LogP contribution in [-0.4, -0.2) is 64.4 Å². The maximum atomic E-state index is 13.8. The smallest absolute Gasteiger partial charge is 0.407 e. The number of rotatable bonds is 10. The first-order valence-corrected chi connectivity index (χ1v) is 14.5. The first kappa shape index (κ1) is 28.8. The summed E-state index contributed by atoms with van der Waals surface area (Å²) in [5.74, 6) is 0.172. The number of nitrogens with two attached hydrogens (primary N) is 1. The van der Waals surface area contributed by atoms with Gasteiger partial charge in [0.15, 0.2) is 5.95 Å². The Balaban J connectivity index is 1.61. The number of hydrogen-bond acceptors (Lipinski definition) is 8. The van der Waals surface area contributed by atoms with Crippen LogP contribution in [-0.2, 0) is 26.0 Å². The quantitative estimate of drug-likeness (QED) is 0.275. The average Bonchev–Trinajstić information content (AvgIpc) is 3.50. The number of aromatic nitrogens is 2. The fourth-order valence-corrected chi connectivity index (χ4v) is 5.86. The van der Waals surface area contributed by atoms with E-state index in [4.69, 9.17) is 15.3 Å². The van der Waals surface area contributed by atoms with Gasteiger partial charge in [0.2, 0.25) is 0 Å². The number of hydrogen-bond donors (Lipinski definition) is 4. The normalized spacial score (nSPS) is 16.4. The van der Waals surface area contributed by atoms with Crippen LogP contribution in [0.2, 0.25) is 0 Å². The second kappa shape index (κ2) is 11.9. The van der Waals surface area contributed by atoms with Crippen LogP contribution in [0.4, 0.5) is 10.7 Å². The van der Waals surface area contributed by atoms with E-state index in [0.29, 0.717) is 23.9 Å². The molecule has 0 bridgehead atoms. The van der Waals surface area contributed by atoms with Crippen molar-refractivity contribution >= 4 is 33.1 Å². The molecular formula is C27H37N5O6S. The number of fused-ring (bicyclic) bond motifs is 1. The molecule has 212 valence electrons. The van der Waals surface area contributed by atoms with E-state index in [1.165, 1.54) is 12.1 Å². The molecule has 1 aliphatic carbocycles. The number of sulfonamides is 1. The second-order valence-corrected chi connectivity index (χ2v) is 12.6. The van der Waals surface area contributed by atoms with Crippen LogP contribution in [0, 0.1) is 0 Å². The molecule has 2 unspecified atom stereocenters. The number of ether oxygens (including phenoxy) is 1. The summed E-state index contributed by atoms with van der Waals surface area (Å²) in [6.45, 7) is 4.81. The molecule has 5 N–H and O–H groups in total. The predicted molar refractivity (Wildman–Crippen MR) is 147 cm³/mol. The van der Waals surface area contributed by atoms with Gasteiger partial charge in [0.05, 0.1) is 40.7 Å². The third-order valence-corrected chi connectivity index (χ3v) is 8.03. The van der Waals surface area contributed by atoms with E-state index in [1.807, 2.05) is 30.3 Å². The number of amides is 1. The number of nitrogens with zero attached hydrogens (tertiary/aromatic N) is 2. The molecule has 12 heteroatoms. The molecule has 2 aromatic carbocycles. The molecular weight excluding hydrogens is 522 g/mol. The minimum atomic E-state index is -4.21. The maximum Gasteiger partial charge on any atom is 0.407 e. The Hall–Kier alpha value is -3.19. The van der Waals surface area contributed by atoms with Crippen LogP contribution in [0.1, 0.15) is 52.0 Å². The standard InChI is InChI=1S/C27H37N5O6S/c1-27(2,3)37-26(34)31-23(15-18-9-5-4-6-10-18)24(33)17-32(38-19-11-7-8-12-19)39(35,36)20-13-14-21-22(16-20)30-25(28)29-21/h4-6,9-10,13-14,16,19,23-24,33H,7-8,11-12,15,17H2,1-3H3,(H,31,34)(H3,28,29,30). The van der Waals surface area contributed by atoms with E-state index in [9.17, 15) is 18.3 Å². The van der Waals surface area contributed by atoms with E-state index < -0.39 is 40.4 Å². The number of carbonyl (C=O) groups is 1. The maximum absolute atomic E-state index is 13.8. The SMILES string of the molecule is CC(C)(C)OC(=O)NC(Cc1ccccc1)C(O)CN(OC1CCCC1)S(=O)(=O)c1ccc2nc(N)[nH]c2c1. The lowest BCUT2D eigenvalue weighted by molar-refractivity contribution is -0.145. The number of nitrogens with one attached hydrogen (secondary N) is 2. The average molecular weight is 560 g/mol. The number of alkyl carbamates (subject to hydrolysis) is 1. The minimum absolute atomic E-state index is 0.0384. The van der Waals surface area contributed by atoms with Gasteiger partial charge in [-0.15, -0.1) is 0 Å². The van der Waals surface area contributed by atoms with Crippen molar-refractivity contribution in [2.24, 2.45) is 0 Å². The lowest BCUT2D eigenvalue weighted by atomic mass is 10.0. The zero-order chi connectivity index (χ0) is 28.2. The van der Waals surface area contributed by atoms with Gasteiger partial charge in [-0.3, -0.25) is 4.84 Å². The molecule has 1 aromatic heterocycles. The summed E-state index contributed by atoms with van der Waals surface area (Å²) in [4.78, 5) is 25.6. The third kappa shape index (κ3) is 7.69. The van der Waals surface area contributed by atoms with Crippen molar-refractivity contribution in [3.05, 3.63) is 54.1 Å². The summed E-state index contributed by atoms with van der Waals surface area (Å²) >= 11 is 0. The molecule has 1 saturated carbocycles. The van der Waals surface area contributed by atoms with Gasteiger partial charge < -0.3 is 25.9 Å². The summed E-state index contributed by atoms with van der Waals surface area (Å²) < 4.78 is 33.9. The first-order valence-electron chi connectivity index (χ1n) is 13.1. The highest BCUT2D eigenvalue weighted by Gasteiger charge is 2.35. The van der Waals surface area contributed by atoms with Gasteiger partial charge in [0, 0.05) is 0 Å². The van der Waals surface area contributed by atoms with Crippen molar-refractivity contribution in [1.82, 2.24) is 19.8 Å². The van der Waals surface area contributed by atoms with Gasteiger partial charge in [-0.2, -0.15) is 0 Å². The Morgan fingerprint density at radius 1 is 1.21 bits per heavy atom. The molecule has 2 atom stereocenters. The van der Waals surface area contributed by atoms with Crippen molar-refractivity contribution in [1.29, 1.82) is 0 Å². The number of nitrogen functional groups attached to an aromatic ring is 1. The fourth-order valence-electron chi connectivity index (χ4n) is 4.53. The monoisotopic (exact) mass is 559 g/mol. The van der Waals surface area contributed by atoms with E-state index in [-0.39, 0.29) is 23.4 Å². The lowest BCUT2D eigenvalue weighted by Crippen LogP contribution is -2.51. The highest BCUT2D eigenvalue weighted by molar-refractivity contribution is 7.89. The summed E-state index contributed by atoms with van der Waals surface area (Å²) in [5, 5.41) is 14.1. The molecule has 3 aromatic rings. The summed E-state index contributed by atoms with van der Waals surface area (Å²) in [6, 6.07) is 12.9. The number of anilines is 1. The molecule has 39 heavy (non-hydrogen) atoms. The van der Waals surface area contributed by atoms with Crippen molar-refractivity contribution in [3.63, 3.8) is 0 Å². The molecule has 0 aliphatic heterocycles. The zero-order valence-electron chi connectivity index (χ0n) is 22.5. The topological polar surface area (TPSA) is 160 Å². The van der Waals surface area contributed by atoms with Gasteiger partial charge in [-0.1, -0.05) is 47.6 Å². The van der Waals surface area contributed by atoms with Crippen LogP contribution in [0.5, 0.6) is 0 Å². The highest BCUT2D eigenvalue weighted by atomic mass is 32.2. The van der Waals surface area contributed by atoms with Gasteiger partial charge in [0.1, 0.15) is 5.60 Å². The Bertz CT molecular complexity index is 1370. The lowest BCUT2D eigenvalue weighted by Gasteiger charge is -2.31. The van der Waals surface area contributed by atoms with E-state index >= 15 is 0 Å². The Morgan fingerprint density at radius 3 is 2.56 bits per heavy atom. The zero-order valence-corrected chi connectivity index (χ0v) is 23.3. The Morgan fingerprint density at radius 2 is 1.90 bits per heavy atom. The van der Waals surface area contributed by atoms with Gasteiger partial charge >= 0.3 is 6.09 Å². The summed E-state index contributed by atoms with van der Waals surface area (Å²) in [7, 11) is -4.21. The van der Waals surface area contributed by atoms with Crippen molar-refractivity contribution < 1.29 is 27.9 Å². The number of H-pyrrole nitrogens is 1. The fraction of sp³-hybridized carbons (Fsp3) is 0.481. The van der Waals surface area contributed by atoms with Gasteiger partial charge in [-0.05, 0) is 63.8 Å². The van der Waals surface area contributed by atoms with Crippen LogP contribution in [0.15, 0.2) is 53.4 Å². The Kier molecular flexibility index (Phi) is 8.80. The molecule has 0 saturated heterocycles. The second-order valence-electron chi connectivity index (χ2n) is 10.8. The molecule has 4 rings (SSSR count). The molecule has 1 amide bonds. The number of imidazole rings is 1. The van der Waals surface area contributed by atoms with E-state index in [2.05, 4.69) is 15.3 Å². The number of aromatic amines is 1. The molecule has 1 aliphatic rings. The third-order valence-electron chi connectivity index (χ3n) is 6.41. The largest absolute Gasteiger partial charge is 0.444 e. The summed E-state index contributed by atoms with van der Waals surface area (Å²) in [6.07, 6.45) is 1.19. The van der Waals surface area contributed by atoms with E-state index in [1.54, 1.807) is 26.8 Å². The van der Waals surface area contributed by atoms with Crippen molar-refractivity contribution in [3.8, 4) is 0 Å². The van der Waals surface area contributed by atoms with Gasteiger partial charge in [-0.25, -0.2) is 18.2 Å². The molecule has 1 fully saturated rings. The molecule has 11 nitrogen and oxygen atoms in total. The first-order chi connectivity index (χ1) is 18.4. The molecule has 0 spiro atoms. The summed E-state index contributed by atoms with van der Waals surface area (Å²) in [5.41, 5.74) is 6.82. The van der Waals surface area contributed by atoms with Crippen LogP contribution < -0.4 is 11.1 Å². The minimum Gasteiger partial charge on any atom is -0.444 e. The molecule has 1 heterocycles. The predicted octanol–water partition coefficient (Wildman–Crippen LogP) is 3.51. The van der Waals surface area contributed by atoms with E-state index in [0.717, 1.165) is 22.9 Å². The number of aliphatic hydroxyl groups is 1. The number of carbonyl (C=O) groups excluding carboxylic acids is 1. The van der Waals surface area contributed by atoms with Crippen LogP contribution in [0.3, 0.4) is 0 Å². The number of aliphatic hydroxyl groups excluding tert-OH is 1. The number of hydroxylamine groups is 1. The van der Waals surface area contributed by atoms with Crippen LogP contribution >= 0.6 is 0 Å². The Labute approximate surface area is 228 Å². The van der Waals surface area contributed by atoms with Crippen LogP contribution in [0.25, 0.3) is 11.0 Å². The molecule has 0 radical (unpaired) electrons. The number of benzene rings is 2. The van der Waals surface area contributed by atoms with Crippen molar-refractivity contribution in [2.75, 3.05) is 12.3 Å². The highest BCUT2D eigenvalue weighted by Crippen LogP contribution is 2.27.